The van der Waals surface area contributed by atoms with Crippen LogP contribution in [0.4, 0.5) is 0 Å². The second-order valence-electron chi connectivity index (χ2n) is 9.50. The highest BCUT2D eigenvalue weighted by atomic mass is 16.3. The fourth-order valence-corrected chi connectivity index (χ4v) is 4.22. The van der Waals surface area contributed by atoms with E-state index in [1.165, 1.54) is 0 Å². The lowest BCUT2D eigenvalue weighted by Crippen LogP contribution is -2.57. The van der Waals surface area contributed by atoms with Crippen LogP contribution in [0.1, 0.15) is 51.0 Å². The molecule has 1 heterocycles. The third kappa shape index (κ3) is 8.03. The second-order valence-corrected chi connectivity index (χ2v) is 9.50. The van der Waals surface area contributed by atoms with Crippen molar-refractivity contribution in [3.63, 3.8) is 0 Å². The number of hydrogen-bond acceptors (Lipinski definition) is 6. The van der Waals surface area contributed by atoms with E-state index in [-0.39, 0.29) is 18.4 Å². The number of aliphatic hydroxyl groups is 1. The van der Waals surface area contributed by atoms with Crippen LogP contribution in [0.5, 0.6) is 0 Å². The third-order valence-corrected chi connectivity index (χ3v) is 6.45. The van der Waals surface area contributed by atoms with E-state index in [9.17, 15) is 24.3 Å². The maximum absolute atomic E-state index is 13.2. The van der Waals surface area contributed by atoms with Gasteiger partial charge in [0.15, 0.2) is 6.10 Å². The number of rotatable bonds is 13. The van der Waals surface area contributed by atoms with Gasteiger partial charge in [0.25, 0.3) is 5.91 Å². The van der Waals surface area contributed by atoms with Crippen molar-refractivity contribution in [2.45, 2.75) is 82.1 Å². The normalized spacial score (nSPS) is 20.8. The molecule has 1 saturated carbocycles. The minimum atomic E-state index is -1.51. The average Bonchev–Trinajstić information content (AvgIpc) is 3.57. The van der Waals surface area contributed by atoms with Crippen molar-refractivity contribution in [1.82, 2.24) is 21.3 Å². The van der Waals surface area contributed by atoms with Crippen molar-refractivity contribution in [2.24, 2.45) is 11.7 Å². The van der Waals surface area contributed by atoms with Crippen LogP contribution in [0.25, 0.3) is 0 Å². The van der Waals surface area contributed by atoms with Gasteiger partial charge in [-0.15, -0.1) is 0 Å². The summed E-state index contributed by atoms with van der Waals surface area (Å²) in [7, 11) is 0. The molecule has 2 aliphatic rings. The topological polar surface area (TPSA) is 163 Å². The zero-order valence-corrected chi connectivity index (χ0v) is 20.2. The summed E-state index contributed by atoms with van der Waals surface area (Å²) in [5, 5.41) is 21.7. The molecular formula is C25H37N5O5. The van der Waals surface area contributed by atoms with Gasteiger partial charge in [-0.1, -0.05) is 43.7 Å². The molecule has 7 N–H and O–H groups in total. The van der Waals surface area contributed by atoms with Crippen molar-refractivity contribution < 1.29 is 24.3 Å². The monoisotopic (exact) mass is 487 g/mol. The Morgan fingerprint density at radius 3 is 2.40 bits per heavy atom. The van der Waals surface area contributed by atoms with Gasteiger partial charge in [-0.3, -0.25) is 19.2 Å². The summed E-state index contributed by atoms with van der Waals surface area (Å²) in [6.45, 7) is 2.40. The van der Waals surface area contributed by atoms with Crippen molar-refractivity contribution in [3.05, 3.63) is 35.9 Å². The molecule has 1 saturated heterocycles. The minimum absolute atomic E-state index is 0.0431. The molecule has 35 heavy (non-hydrogen) atoms. The minimum Gasteiger partial charge on any atom is -0.381 e. The molecule has 2 fully saturated rings. The SMILES string of the molecule is CCCC(NC(=O)C(N)Cc1ccccc1)C(=O)N[C@@H](C[C@@H]1CCNC1=O)C(O)C(=O)NC1CC1. The lowest BCUT2D eigenvalue weighted by molar-refractivity contribution is -0.135. The molecule has 1 aromatic rings. The van der Waals surface area contributed by atoms with Crippen LogP contribution in [0.3, 0.4) is 0 Å². The van der Waals surface area contributed by atoms with E-state index in [0.717, 1.165) is 18.4 Å². The van der Waals surface area contributed by atoms with E-state index in [2.05, 4.69) is 21.3 Å². The maximum Gasteiger partial charge on any atom is 0.251 e. The van der Waals surface area contributed by atoms with Crippen LogP contribution in [0, 0.1) is 5.92 Å². The Morgan fingerprint density at radius 1 is 1.09 bits per heavy atom. The summed E-state index contributed by atoms with van der Waals surface area (Å²) in [5.74, 6) is -2.13. The molecular weight excluding hydrogens is 450 g/mol. The summed E-state index contributed by atoms with van der Waals surface area (Å²) in [4.78, 5) is 50.5. The predicted octanol–water partition coefficient (Wildman–Crippen LogP) is -0.508. The van der Waals surface area contributed by atoms with Gasteiger partial charge in [-0.2, -0.15) is 0 Å². The number of benzene rings is 1. The van der Waals surface area contributed by atoms with Crippen molar-refractivity contribution in [1.29, 1.82) is 0 Å². The van der Waals surface area contributed by atoms with Crippen molar-refractivity contribution in [3.8, 4) is 0 Å². The standard InChI is InChI=1S/C25H37N5O5/c1-2-6-19(29-23(33)18(26)13-15-7-4-3-5-8-15)24(34)30-20(14-16-11-12-27-22(16)32)21(31)25(35)28-17-9-10-17/h3-5,7-8,16-21,31H,2,6,9-14,26H2,1H3,(H,27,32)(H,28,35)(H,29,33)(H,30,34)/t16-,18?,19?,20-,21?/m0/s1. The number of aliphatic hydroxyl groups excluding tert-OH is 1. The highest BCUT2D eigenvalue weighted by Gasteiger charge is 2.37. The number of carbonyl (C=O) groups is 4. The number of nitrogens with one attached hydrogen (secondary N) is 4. The predicted molar refractivity (Wildman–Crippen MR) is 130 cm³/mol. The van der Waals surface area contributed by atoms with Crippen LogP contribution >= 0.6 is 0 Å². The number of carbonyl (C=O) groups excluding carboxylic acids is 4. The summed E-state index contributed by atoms with van der Waals surface area (Å²) in [5.41, 5.74) is 6.99. The first-order valence-electron chi connectivity index (χ1n) is 12.4. The van der Waals surface area contributed by atoms with Crippen LogP contribution in [-0.2, 0) is 25.6 Å². The van der Waals surface area contributed by atoms with Crippen molar-refractivity contribution in [2.75, 3.05) is 6.54 Å². The van der Waals surface area contributed by atoms with E-state index in [4.69, 9.17) is 5.73 Å². The van der Waals surface area contributed by atoms with Gasteiger partial charge in [0.05, 0.1) is 12.1 Å². The molecule has 0 spiro atoms. The van der Waals surface area contributed by atoms with Crippen LogP contribution < -0.4 is 27.0 Å². The van der Waals surface area contributed by atoms with Gasteiger partial charge < -0.3 is 32.1 Å². The molecule has 3 rings (SSSR count). The fourth-order valence-electron chi connectivity index (χ4n) is 4.22. The number of hydrogen-bond donors (Lipinski definition) is 6. The zero-order valence-electron chi connectivity index (χ0n) is 20.2. The lowest BCUT2D eigenvalue weighted by Gasteiger charge is -2.28. The first-order valence-corrected chi connectivity index (χ1v) is 12.4. The van der Waals surface area contributed by atoms with Gasteiger partial charge in [0, 0.05) is 18.5 Å². The smallest absolute Gasteiger partial charge is 0.251 e. The molecule has 3 unspecified atom stereocenters. The molecule has 192 valence electrons. The molecule has 1 aromatic carbocycles. The average molecular weight is 488 g/mol. The molecule has 1 aliphatic carbocycles. The molecule has 5 atom stereocenters. The van der Waals surface area contributed by atoms with Crippen molar-refractivity contribution >= 4 is 23.6 Å². The van der Waals surface area contributed by atoms with E-state index >= 15 is 0 Å². The Kier molecular flexibility index (Phi) is 9.62. The first kappa shape index (κ1) is 26.6. The third-order valence-electron chi connectivity index (χ3n) is 6.45. The largest absolute Gasteiger partial charge is 0.381 e. The summed E-state index contributed by atoms with van der Waals surface area (Å²) in [6.07, 6.45) is 2.19. The van der Waals surface area contributed by atoms with E-state index in [1.54, 1.807) is 0 Å². The Labute approximate surface area is 205 Å². The van der Waals surface area contributed by atoms with Crippen LogP contribution in [-0.4, -0.2) is 65.6 Å². The molecule has 0 aromatic heterocycles. The maximum atomic E-state index is 13.2. The Hall–Kier alpha value is -2.98. The Bertz CT molecular complexity index is 891. The lowest BCUT2D eigenvalue weighted by atomic mass is 9.94. The fraction of sp³-hybridized carbons (Fsp3) is 0.600. The van der Waals surface area contributed by atoms with E-state index < -0.39 is 47.9 Å². The summed E-state index contributed by atoms with van der Waals surface area (Å²) >= 11 is 0. The van der Waals surface area contributed by atoms with Gasteiger partial charge in [0.1, 0.15) is 6.04 Å². The molecule has 0 radical (unpaired) electrons. The highest BCUT2D eigenvalue weighted by Crippen LogP contribution is 2.21. The Balaban J connectivity index is 1.64. The second kappa shape index (κ2) is 12.6. The quantitative estimate of drug-likeness (QED) is 0.220. The van der Waals surface area contributed by atoms with Gasteiger partial charge in [-0.05, 0) is 44.1 Å². The van der Waals surface area contributed by atoms with E-state index in [0.29, 0.717) is 32.2 Å². The molecule has 1 aliphatic heterocycles. The molecule has 10 heteroatoms. The Morgan fingerprint density at radius 2 is 1.80 bits per heavy atom. The zero-order chi connectivity index (χ0) is 25.4. The van der Waals surface area contributed by atoms with Crippen LogP contribution in [0.15, 0.2) is 30.3 Å². The highest BCUT2D eigenvalue weighted by molar-refractivity contribution is 5.91. The molecule has 4 amide bonds. The first-order chi connectivity index (χ1) is 16.8. The summed E-state index contributed by atoms with van der Waals surface area (Å²) < 4.78 is 0. The number of nitrogens with two attached hydrogens (primary N) is 1. The van der Waals surface area contributed by atoms with Crippen LogP contribution in [0.2, 0.25) is 0 Å². The molecule has 10 nitrogen and oxygen atoms in total. The van der Waals surface area contributed by atoms with Gasteiger partial charge in [0.2, 0.25) is 17.7 Å². The summed E-state index contributed by atoms with van der Waals surface area (Å²) in [6, 6.07) is 6.71. The van der Waals surface area contributed by atoms with Gasteiger partial charge in [-0.25, -0.2) is 0 Å². The van der Waals surface area contributed by atoms with E-state index in [1.807, 2.05) is 37.3 Å². The van der Waals surface area contributed by atoms with Gasteiger partial charge >= 0.3 is 0 Å². The number of amides is 4. The molecule has 0 bridgehead atoms.